The molecule has 3 amide bonds. The van der Waals surface area contributed by atoms with E-state index in [1.54, 1.807) is 26.0 Å². The van der Waals surface area contributed by atoms with Gasteiger partial charge < -0.3 is 14.8 Å². The van der Waals surface area contributed by atoms with Crippen molar-refractivity contribution in [2.24, 2.45) is 0 Å². The molecule has 0 bridgehead atoms. The largest absolute Gasteiger partial charge is 0.464 e. The fourth-order valence-corrected chi connectivity index (χ4v) is 2.40. The Bertz CT molecular complexity index is 706. The molecule has 26 heavy (non-hydrogen) atoms. The van der Waals surface area contributed by atoms with E-state index >= 15 is 0 Å². The molecule has 1 aliphatic rings. The Balaban J connectivity index is 2.09. The third-order valence-electron chi connectivity index (χ3n) is 3.53. The summed E-state index contributed by atoms with van der Waals surface area (Å²) in [4.78, 5) is 61.1. The summed E-state index contributed by atoms with van der Waals surface area (Å²) >= 11 is 0. The summed E-state index contributed by atoms with van der Waals surface area (Å²) in [5, 5.41) is 2.15. The molecule has 0 spiro atoms. The van der Waals surface area contributed by atoms with Crippen LogP contribution in [0.25, 0.3) is 0 Å². The molecule has 9 heteroatoms. The lowest BCUT2D eigenvalue weighted by atomic mass is 10.1. The number of fused-ring (bicyclic) bond motifs is 1. The third kappa shape index (κ3) is 3.88. The molecule has 0 fully saturated rings. The number of rotatable bonds is 7. The maximum Gasteiger partial charge on any atom is 0.340 e. The molecule has 0 radical (unpaired) electrons. The van der Waals surface area contributed by atoms with Crippen LogP contribution in [0.1, 0.15) is 34.6 Å². The summed E-state index contributed by atoms with van der Waals surface area (Å²) in [5.74, 6) is -4.08. The molecule has 0 aliphatic carbocycles. The van der Waals surface area contributed by atoms with Crippen LogP contribution in [-0.4, -0.2) is 60.4 Å². The second-order valence-electron chi connectivity index (χ2n) is 5.25. The molecule has 0 atom stereocenters. The van der Waals surface area contributed by atoms with Gasteiger partial charge in [-0.15, -0.1) is 0 Å². The first kappa shape index (κ1) is 19.1. The normalized spacial score (nSPS) is 12.8. The van der Waals surface area contributed by atoms with Gasteiger partial charge in [0.1, 0.15) is 6.54 Å². The average molecular weight is 362 g/mol. The van der Waals surface area contributed by atoms with Gasteiger partial charge >= 0.3 is 11.9 Å². The van der Waals surface area contributed by atoms with Crippen molar-refractivity contribution in [3.05, 3.63) is 35.4 Å². The Morgan fingerprint density at radius 1 is 0.962 bits per heavy atom. The van der Waals surface area contributed by atoms with Crippen LogP contribution in [0.3, 0.4) is 0 Å². The van der Waals surface area contributed by atoms with Crippen LogP contribution >= 0.6 is 0 Å². The predicted octanol–water partition coefficient (Wildman–Crippen LogP) is -0.106. The van der Waals surface area contributed by atoms with Gasteiger partial charge in [-0.05, 0) is 26.0 Å². The number of amides is 3. The zero-order valence-electron chi connectivity index (χ0n) is 14.3. The molecule has 0 saturated carbocycles. The Kier molecular flexibility index (Phi) is 6.05. The Labute approximate surface area is 149 Å². The first-order valence-corrected chi connectivity index (χ1v) is 7.98. The summed E-state index contributed by atoms with van der Waals surface area (Å²) < 4.78 is 9.47. The van der Waals surface area contributed by atoms with Crippen LogP contribution in [0.5, 0.6) is 0 Å². The van der Waals surface area contributed by atoms with Crippen LogP contribution in [-0.2, 0) is 23.9 Å². The molecule has 9 nitrogen and oxygen atoms in total. The topological polar surface area (TPSA) is 119 Å². The van der Waals surface area contributed by atoms with E-state index in [4.69, 9.17) is 9.47 Å². The zero-order chi connectivity index (χ0) is 19.3. The van der Waals surface area contributed by atoms with Crippen LogP contribution in [0, 0.1) is 0 Å². The van der Waals surface area contributed by atoms with Crippen LogP contribution in [0.2, 0.25) is 0 Å². The molecule has 1 aromatic carbocycles. The van der Waals surface area contributed by atoms with Gasteiger partial charge in [0.15, 0.2) is 0 Å². The number of carbonyl (C=O) groups is 5. The quantitative estimate of drug-likeness (QED) is 0.408. The Morgan fingerprint density at radius 3 is 1.85 bits per heavy atom. The molecule has 1 heterocycles. The summed E-state index contributed by atoms with van der Waals surface area (Å²) in [7, 11) is 0. The van der Waals surface area contributed by atoms with E-state index in [9.17, 15) is 24.0 Å². The van der Waals surface area contributed by atoms with Crippen LogP contribution in [0.4, 0.5) is 0 Å². The molecular formula is C17H18N2O7. The van der Waals surface area contributed by atoms with E-state index in [1.807, 2.05) is 0 Å². The number of hydrogen-bond acceptors (Lipinski definition) is 7. The molecule has 2 rings (SSSR count). The van der Waals surface area contributed by atoms with Crippen molar-refractivity contribution in [1.82, 2.24) is 10.2 Å². The number of imide groups is 1. The molecule has 1 aliphatic heterocycles. The molecule has 138 valence electrons. The standard InChI is InChI=1S/C17H18N2O7/c1-3-25-16(23)13(17(24)26-4-2)18-12(20)9-19-14(21)10-7-5-6-8-11(10)15(19)22/h5-8,13H,3-4,9H2,1-2H3,(H,18,20). The minimum atomic E-state index is -1.67. The van der Waals surface area contributed by atoms with Crippen molar-refractivity contribution in [2.75, 3.05) is 19.8 Å². The number of carbonyl (C=O) groups excluding carboxylic acids is 5. The molecule has 1 N–H and O–H groups in total. The number of ether oxygens (including phenoxy) is 2. The number of nitrogens with zero attached hydrogens (tertiary/aromatic N) is 1. The van der Waals surface area contributed by atoms with Gasteiger partial charge in [-0.3, -0.25) is 19.3 Å². The van der Waals surface area contributed by atoms with Crippen LogP contribution < -0.4 is 5.32 Å². The Morgan fingerprint density at radius 2 is 1.42 bits per heavy atom. The van der Waals surface area contributed by atoms with Gasteiger partial charge in [0.05, 0.1) is 24.3 Å². The van der Waals surface area contributed by atoms with Crippen molar-refractivity contribution in [1.29, 1.82) is 0 Å². The van der Waals surface area contributed by atoms with Gasteiger partial charge in [-0.1, -0.05) is 12.1 Å². The number of benzene rings is 1. The lowest BCUT2D eigenvalue weighted by Gasteiger charge is -2.18. The Hall–Kier alpha value is -3.23. The van der Waals surface area contributed by atoms with Gasteiger partial charge in [-0.25, -0.2) is 9.59 Å². The number of nitrogens with one attached hydrogen (secondary N) is 1. The highest BCUT2D eigenvalue weighted by molar-refractivity contribution is 6.22. The fraction of sp³-hybridized carbons (Fsp3) is 0.353. The summed E-state index contributed by atoms with van der Waals surface area (Å²) in [5.41, 5.74) is 0.385. The first-order valence-electron chi connectivity index (χ1n) is 7.98. The number of esters is 2. The number of hydrogen-bond donors (Lipinski definition) is 1. The minimum Gasteiger partial charge on any atom is -0.464 e. The van der Waals surface area contributed by atoms with Crippen molar-refractivity contribution in [2.45, 2.75) is 19.9 Å². The second-order valence-corrected chi connectivity index (χ2v) is 5.25. The lowest BCUT2D eigenvalue weighted by molar-refractivity contribution is -0.159. The van der Waals surface area contributed by atoms with E-state index < -0.39 is 42.2 Å². The van der Waals surface area contributed by atoms with Crippen molar-refractivity contribution in [3.63, 3.8) is 0 Å². The molecule has 0 saturated heterocycles. The van der Waals surface area contributed by atoms with Crippen molar-refractivity contribution in [3.8, 4) is 0 Å². The third-order valence-corrected chi connectivity index (χ3v) is 3.53. The summed E-state index contributed by atoms with van der Waals surface area (Å²) in [6, 6.07) is 4.50. The first-order chi connectivity index (χ1) is 12.4. The zero-order valence-corrected chi connectivity index (χ0v) is 14.3. The molecule has 0 unspecified atom stereocenters. The maximum atomic E-state index is 12.2. The second kappa shape index (κ2) is 8.24. The van der Waals surface area contributed by atoms with Crippen molar-refractivity contribution < 1.29 is 33.4 Å². The van der Waals surface area contributed by atoms with Gasteiger partial charge in [0.2, 0.25) is 11.9 Å². The lowest BCUT2D eigenvalue weighted by Crippen LogP contribution is -2.51. The molecular weight excluding hydrogens is 344 g/mol. The SMILES string of the molecule is CCOC(=O)C(NC(=O)CN1C(=O)c2ccccc2C1=O)C(=O)OCC. The molecule has 1 aromatic rings. The van der Waals surface area contributed by atoms with Crippen molar-refractivity contribution >= 4 is 29.7 Å². The average Bonchev–Trinajstić information content (AvgIpc) is 2.85. The van der Waals surface area contributed by atoms with E-state index in [1.165, 1.54) is 12.1 Å². The fourth-order valence-electron chi connectivity index (χ4n) is 2.40. The molecule has 0 aromatic heterocycles. The monoisotopic (exact) mass is 362 g/mol. The van der Waals surface area contributed by atoms with E-state index in [-0.39, 0.29) is 24.3 Å². The minimum absolute atomic E-state index is 0.00299. The predicted molar refractivity (Wildman–Crippen MR) is 87.0 cm³/mol. The maximum absolute atomic E-state index is 12.2. The highest BCUT2D eigenvalue weighted by Gasteiger charge is 2.38. The van der Waals surface area contributed by atoms with E-state index in [0.29, 0.717) is 0 Å². The summed E-state index contributed by atoms with van der Waals surface area (Å²) in [6.07, 6.45) is 0. The summed E-state index contributed by atoms with van der Waals surface area (Å²) in [6.45, 7) is 2.45. The van der Waals surface area contributed by atoms with E-state index in [2.05, 4.69) is 5.32 Å². The van der Waals surface area contributed by atoms with Gasteiger partial charge in [0, 0.05) is 0 Å². The van der Waals surface area contributed by atoms with Gasteiger partial charge in [0.25, 0.3) is 11.8 Å². The van der Waals surface area contributed by atoms with Crippen LogP contribution in [0.15, 0.2) is 24.3 Å². The van der Waals surface area contributed by atoms with E-state index in [0.717, 1.165) is 4.90 Å². The van der Waals surface area contributed by atoms with Gasteiger partial charge in [-0.2, -0.15) is 0 Å². The highest BCUT2D eigenvalue weighted by Crippen LogP contribution is 2.21. The highest BCUT2D eigenvalue weighted by atomic mass is 16.6. The smallest absolute Gasteiger partial charge is 0.340 e.